The molecule has 5 heteroatoms. The number of ether oxygens (including phenoxy) is 1. The summed E-state index contributed by atoms with van der Waals surface area (Å²) in [5, 5.41) is 0. The van der Waals surface area contributed by atoms with Crippen molar-refractivity contribution in [2.24, 2.45) is 0 Å². The summed E-state index contributed by atoms with van der Waals surface area (Å²) in [7, 11) is 1.40. The van der Waals surface area contributed by atoms with Crippen LogP contribution >= 0.6 is 0 Å². The number of methoxy groups -OCH3 is 1. The minimum Gasteiger partial charge on any atom is -0.465 e. The topological polar surface area (TPSA) is 55.3 Å². The maximum atomic E-state index is 11.7. The van der Waals surface area contributed by atoms with E-state index in [2.05, 4.69) is 9.88 Å². The lowest BCUT2D eigenvalue weighted by atomic mass is 10.0. The van der Waals surface area contributed by atoms with Crippen LogP contribution in [0, 0.1) is 0 Å². The number of rotatable bonds is 4. The molecule has 0 atom stereocenters. The summed E-state index contributed by atoms with van der Waals surface area (Å²) in [5.41, 5.74) is 5.01. The van der Waals surface area contributed by atoms with Crippen LogP contribution in [-0.4, -0.2) is 34.5 Å². The van der Waals surface area contributed by atoms with Crippen LogP contribution < -0.4 is 0 Å². The van der Waals surface area contributed by atoms with Gasteiger partial charge in [0.05, 0.1) is 18.4 Å². The van der Waals surface area contributed by atoms with E-state index in [9.17, 15) is 4.79 Å². The zero-order chi connectivity index (χ0) is 18.6. The molecule has 4 rings (SSSR count). The minimum atomic E-state index is -0.305. The average molecular weight is 359 g/mol. The van der Waals surface area contributed by atoms with Gasteiger partial charge in [-0.05, 0) is 29.7 Å². The highest BCUT2D eigenvalue weighted by atomic mass is 16.5. The van der Waals surface area contributed by atoms with Gasteiger partial charge in [0.25, 0.3) is 0 Å². The van der Waals surface area contributed by atoms with Crippen LogP contribution in [-0.2, 0) is 24.2 Å². The Labute approximate surface area is 158 Å². The summed E-state index contributed by atoms with van der Waals surface area (Å²) in [6.07, 6.45) is 2.89. The minimum absolute atomic E-state index is 0.305. The molecule has 0 saturated carbocycles. The molecule has 27 heavy (non-hydrogen) atoms. The van der Waals surface area contributed by atoms with Crippen molar-refractivity contribution in [1.29, 1.82) is 0 Å². The smallest absolute Gasteiger partial charge is 0.337 e. The first-order chi connectivity index (χ1) is 13.2. The van der Waals surface area contributed by atoms with Crippen LogP contribution in [0.4, 0.5) is 0 Å². The van der Waals surface area contributed by atoms with E-state index in [0.29, 0.717) is 5.56 Å². The van der Waals surface area contributed by atoms with Crippen molar-refractivity contribution in [3.8, 4) is 11.4 Å². The van der Waals surface area contributed by atoms with Gasteiger partial charge in [0, 0.05) is 31.4 Å². The number of nitrogens with zero attached hydrogens (tertiary/aromatic N) is 3. The number of carbonyl (C=O) groups excluding carboxylic acids is 1. The molecule has 2 heterocycles. The molecule has 0 saturated heterocycles. The van der Waals surface area contributed by atoms with Gasteiger partial charge in [-0.25, -0.2) is 14.8 Å². The molecular weight excluding hydrogens is 338 g/mol. The third kappa shape index (κ3) is 3.88. The highest BCUT2D eigenvalue weighted by Gasteiger charge is 2.19. The Bertz CT molecular complexity index is 957. The predicted molar refractivity (Wildman–Crippen MR) is 103 cm³/mol. The molecule has 2 aromatic carbocycles. The molecule has 0 N–H and O–H groups in total. The lowest BCUT2D eigenvalue weighted by molar-refractivity contribution is 0.0600. The predicted octanol–water partition coefficient (Wildman–Crippen LogP) is 3.49. The summed E-state index contributed by atoms with van der Waals surface area (Å²) >= 11 is 0. The van der Waals surface area contributed by atoms with E-state index in [4.69, 9.17) is 9.72 Å². The molecule has 136 valence electrons. The van der Waals surface area contributed by atoms with Crippen molar-refractivity contribution in [2.45, 2.75) is 19.5 Å². The molecule has 0 fully saturated rings. The van der Waals surface area contributed by atoms with E-state index >= 15 is 0 Å². The lowest BCUT2D eigenvalue weighted by Crippen LogP contribution is -2.31. The summed E-state index contributed by atoms with van der Waals surface area (Å²) < 4.78 is 4.81. The van der Waals surface area contributed by atoms with Gasteiger partial charge in [0.1, 0.15) is 0 Å². The van der Waals surface area contributed by atoms with Crippen LogP contribution in [0.15, 0.2) is 60.8 Å². The highest BCUT2D eigenvalue weighted by Crippen LogP contribution is 2.22. The van der Waals surface area contributed by atoms with Gasteiger partial charge >= 0.3 is 5.97 Å². The molecule has 0 unspecified atom stereocenters. The second-order valence-electron chi connectivity index (χ2n) is 6.68. The van der Waals surface area contributed by atoms with Crippen molar-refractivity contribution in [1.82, 2.24) is 14.9 Å². The molecule has 1 aliphatic heterocycles. The fraction of sp³-hybridized carbons (Fsp3) is 0.227. The third-order valence-electron chi connectivity index (χ3n) is 4.81. The van der Waals surface area contributed by atoms with E-state index in [1.54, 1.807) is 6.07 Å². The number of hydrogen-bond acceptors (Lipinski definition) is 5. The average Bonchev–Trinajstić information content (AvgIpc) is 2.73. The number of fused-ring (bicyclic) bond motifs is 1. The molecule has 1 aromatic heterocycles. The van der Waals surface area contributed by atoms with Crippen LogP contribution in [0.25, 0.3) is 11.4 Å². The largest absolute Gasteiger partial charge is 0.465 e. The van der Waals surface area contributed by atoms with Crippen LogP contribution in [0.3, 0.4) is 0 Å². The Morgan fingerprint density at radius 2 is 2.00 bits per heavy atom. The molecule has 0 aliphatic carbocycles. The second-order valence-corrected chi connectivity index (χ2v) is 6.68. The zero-order valence-electron chi connectivity index (χ0n) is 15.3. The van der Waals surface area contributed by atoms with Crippen LogP contribution in [0.5, 0.6) is 0 Å². The molecule has 1 aliphatic rings. The number of hydrogen-bond donors (Lipinski definition) is 0. The van der Waals surface area contributed by atoms with E-state index in [1.165, 1.54) is 12.7 Å². The molecule has 0 amide bonds. The first-order valence-electron chi connectivity index (χ1n) is 9.03. The van der Waals surface area contributed by atoms with Gasteiger partial charge in [-0.1, -0.05) is 42.5 Å². The van der Waals surface area contributed by atoms with Crippen LogP contribution in [0.2, 0.25) is 0 Å². The fourth-order valence-electron chi connectivity index (χ4n) is 3.39. The fourth-order valence-corrected chi connectivity index (χ4v) is 3.39. The number of carbonyl (C=O) groups is 1. The summed E-state index contributed by atoms with van der Waals surface area (Å²) in [6, 6.07) is 17.7. The van der Waals surface area contributed by atoms with E-state index in [1.807, 2.05) is 54.7 Å². The number of esters is 1. The Morgan fingerprint density at radius 1 is 1.15 bits per heavy atom. The van der Waals surface area contributed by atoms with Crippen molar-refractivity contribution in [2.75, 3.05) is 13.7 Å². The SMILES string of the molecule is COC(=O)c1cccc(CN2CCc3cnc(-c4ccccc4)nc3C2)c1. The first kappa shape index (κ1) is 17.4. The Hall–Kier alpha value is -3.05. The van der Waals surface area contributed by atoms with Gasteiger partial charge in [-0.2, -0.15) is 0 Å². The van der Waals surface area contributed by atoms with Crippen molar-refractivity contribution in [3.05, 3.63) is 83.2 Å². The maximum absolute atomic E-state index is 11.7. The number of benzene rings is 2. The molecule has 0 spiro atoms. The molecule has 0 bridgehead atoms. The van der Waals surface area contributed by atoms with Gasteiger partial charge in [-0.15, -0.1) is 0 Å². The van der Waals surface area contributed by atoms with Crippen molar-refractivity contribution >= 4 is 5.97 Å². The summed E-state index contributed by atoms with van der Waals surface area (Å²) in [4.78, 5) is 23.4. The molecular formula is C22H21N3O2. The van der Waals surface area contributed by atoms with Crippen LogP contribution in [0.1, 0.15) is 27.2 Å². The normalized spacial score (nSPS) is 13.8. The van der Waals surface area contributed by atoms with E-state index in [0.717, 1.165) is 48.7 Å². The highest BCUT2D eigenvalue weighted by molar-refractivity contribution is 5.89. The zero-order valence-corrected chi connectivity index (χ0v) is 15.3. The molecule has 0 radical (unpaired) electrons. The third-order valence-corrected chi connectivity index (χ3v) is 4.81. The van der Waals surface area contributed by atoms with Gasteiger partial charge in [0.2, 0.25) is 0 Å². The van der Waals surface area contributed by atoms with Gasteiger partial charge in [-0.3, -0.25) is 4.90 Å². The Morgan fingerprint density at radius 3 is 2.81 bits per heavy atom. The molecule has 5 nitrogen and oxygen atoms in total. The van der Waals surface area contributed by atoms with Crippen molar-refractivity contribution < 1.29 is 9.53 Å². The maximum Gasteiger partial charge on any atom is 0.337 e. The lowest BCUT2D eigenvalue weighted by Gasteiger charge is -2.28. The second kappa shape index (κ2) is 7.68. The van der Waals surface area contributed by atoms with E-state index in [-0.39, 0.29) is 5.97 Å². The van der Waals surface area contributed by atoms with Crippen molar-refractivity contribution in [3.63, 3.8) is 0 Å². The standard InChI is InChI=1S/C22H21N3O2/c1-27-22(26)18-9-5-6-16(12-18)14-25-11-10-19-13-23-21(24-20(19)15-25)17-7-3-2-4-8-17/h2-9,12-13H,10-11,14-15H2,1H3. The molecule has 3 aromatic rings. The summed E-state index contributed by atoms with van der Waals surface area (Å²) in [6.45, 7) is 2.50. The van der Waals surface area contributed by atoms with Gasteiger partial charge in [0.15, 0.2) is 5.82 Å². The van der Waals surface area contributed by atoms with E-state index < -0.39 is 0 Å². The monoisotopic (exact) mass is 359 g/mol. The number of aromatic nitrogens is 2. The Balaban J connectivity index is 1.52. The van der Waals surface area contributed by atoms with Gasteiger partial charge < -0.3 is 4.74 Å². The Kier molecular flexibility index (Phi) is 4.94. The quantitative estimate of drug-likeness (QED) is 0.668. The summed E-state index contributed by atoms with van der Waals surface area (Å²) in [5.74, 6) is 0.463. The first-order valence-corrected chi connectivity index (χ1v) is 9.03.